The van der Waals surface area contributed by atoms with E-state index in [0.717, 1.165) is 50.3 Å². The van der Waals surface area contributed by atoms with Crippen molar-refractivity contribution < 1.29 is 9.47 Å². The predicted octanol–water partition coefficient (Wildman–Crippen LogP) is 7.71. The van der Waals surface area contributed by atoms with E-state index in [1.165, 1.54) is 10.4 Å². The highest BCUT2D eigenvalue weighted by Crippen LogP contribution is 2.45. The first-order valence-electron chi connectivity index (χ1n) is 11.4. The summed E-state index contributed by atoms with van der Waals surface area (Å²) in [4.78, 5) is 6.08. The lowest BCUT2D eigenvalue weighted by atomic mass is 9.72. The van der Waals surface area contributed by atoms with Crippen LogP contribution in [-0.2, 0) is 19.4 Å². The molecule has 1 aromatic heterocycles. The number of nitrogens with zero attached hydrogens (tertiary/aromatic N) is 2. The molecule has 0 unspecified atom stereocenters. The number of benzene rings is 2. The zero-order valence-corrected chi connectivity index (χ0v) is 23.0. The number of hydrogen-bond donors (Lipinski definition) is 0. The molecular formula is C28H29IN2O2S. The Kier molecular flexibility index (Phi) is 7.63. The van der Waals surface area contributed by atoms with Crippen molar-refractivity contribution in [3.63, 3.8) is 0 Å². The van der Waals surface area contributed by atoms with Crippen LogP contribution in [0.2, 0.25) is 0 Å². The third-order valence-electron chi connectivity index (χ3n) is 6.39. The lowest BCUT2D eigenvalue weighted by Crippen LogP contribution is -2.26. The molecule has 0 bridgehead atoms. The maximum absolute atomic E-state index is 9.85. The van der Waals surface area contributed by atoms with Gasteiger partial charge in [0, 0.05) is 11.1 Å². The van der Waals surface area contributed by atoms with Crippen molar-refractivity contribution in [1.82, 2.24) is 0 Å². The van der Waals surface area contributed by atoms with Crippen molar-refractivity contribution in [2.24, 2.45) is 16.3 Å². The molecule has 0 saturated heterocycles. The number of thiophene rings is 1. The molecule has 1 aliphatic rings. The first-order valence-corrected chi connectivity index (χ1v) is 13.3. The zero-order chi connectivity index (χ0) is 24.3. The molecule has 6 heteroatoms. The average molecular weight is 585 g/mol. The van der Waals surface area contributed by atoms with Crippen LogP contribution < -0.4 is 9.47 Å². The van der Waals surface area contributed by atoms with Crippen molar-refractivity contribution in [3.05, 3.63) is 73.2 Å². The minimum Gasteiger partial charge on any atom is -0.493 e. The number of hydrogen-bond acceptors (Lipinski definition) is 5. The van der Waals surface area contributed by atoms with E-state index in [1.807, 2.05) is 48.7 Å². The van der Waals surface area contributed by atoms with E-state index in [9.17, 15) is 5.26 Å². The van der Waals surface area contributed by atoms with Gasteiger partial charge in [0.1, 0.15) is 17.7 Å². The Balaban J connectivity index is 1.57. The van der Waals surface area contributed by atoms with Crippen LogP contribution in [0.4, 0.5) is 5.00 Å². The molecule has 4 rings (SSSR count). The number of rotatable bonds is 6. The molecule has 1 aliphatic carbocycles. The van der Waals surface area contributed by atoms with Gasteiger partial charge < -0.3 is 9.47 Å². The van der Waals surface area contributed by atoms with Crippen LogP contribution in [0.1, 0.15) is 54.3 Å². The third-order valence-corrected chi connectivity index (χ3v) is 8.36. The second-order valence-electron chi connectivity index (χ2n) is 9.67. The highest BCUT2D eigenvalue weighted by molar-refractivity contribution is 14.1. The van der Waals surface area contributed by atoms with Crippen LogP contribution in [0.15, 0.2) is 47.5 Å². The Morgan fingerprint density at radius 2 is 2.00 bits per heavy atom. The smallest absolute Gasteiger partial charge is 0.174 e. The van der Waals surface area contributed by atoms with Gasteiger partial charge in [-0.25, -0.2) is 4.99 Å². The van der Waals surface area contributed by atoms with Gasteiger partial charge in [0.05, 0.1) is 16.2 Å². The second-order valence-corrected chi connectivity index (χ2v) is 11.9. The van der Waals surface area contributed by atoms with Gasteiger partial charge in [0.25, 0.3) is 0 Å². The Morgan fingerprint density at radius 1 is 1.24 bits per heavy atom. The van der Waals surface area contributed by atoms with E-state index in [-0.39, 0.29) is 5.41 Å². The molecule has 0 N–H and O–H groups in total. The maximum Gasteiger partial charge on any atom is 0.174 e. The second kappa shape index (κ2) is 10.5. The molecule has 34 heavy (non-hydrogen) atoms. The van der Waals surface area contributed by atoms with E-state index in [2.05, 4.69) is 49.4 Å². The molecule has 4 nitrogen and oxygen atoms in total. The molecule has 0 radical (unpaired) electrons. The van der Waals surface area contributed by atoms with Gasteiger partial charge in [-0.2, -0.15) is 5.26 Å². The quantitative estimate of drug-likeness (QED) is 0.220. The van der Waals surface area contributed by atoms with Gasteiger partial charge in [0.2, 0.25) is 0 Å². The molecule has 176 valence electrons. The molecular weight excluding hydrogens is 555 g/mol. The van der Waals surface area contributed by atoms with Crippen LogP contribution in [0.5, 0.6) is 11.5 Å². The summed E-state index contributed by atoms with van der Waals surface area (Å²) in [5.74, 6) is 2.03. The molecule has 0 fully saturated rings. The van der Waals surface area contributed by atoms with Crippen molar-refractivity contribution in [2.45, 2.75) is 46.6 Å². The minimum absolute atomic E-state index is 0.273. The summed E-state index contributed by atoms with van der Waals surface area (Å²) in [7, 11) is 1.65. The first kappa shape index (κ1) is 24.7. The summed E-state index contributed by atoms with van der Waals surface area (Å²) >= 11 is 3.94. The molecule has 0 aliphatic heterocycles. The summed E-state index contributed by atoms with van der Waals surface area (Å²) in [5.41, 5.74) is 4.24. The molecule has 0 spiro atoms. The van der Waals surface area contributed by atoms with Gasteiger partial charge in [-0.05, 0) is 82.0 Å². The minimum atomic E-state index is 0.273. The Bertz CT molecular complexity index is 1240. The normalized spacial score (nSPS) is 15.7. The third kappa shape index (κ3) is 5.47. The monoisotopic (exact) mass is 584 g/mol. The summed E-state index contributed by atoms with van der Waals surface area (Å²) in [6.07, 6.45) is 4.95. The van der Waals surface area contributed by atoms with Crippen LogP contribution in [-0.4, -0.2) is 13.3 Å². The van der Waals surface area contributed by atoms with E-state index in [4.69, 9.17) is 14.5 Å². The molecule has 0 amide bonds. The molecule has 1 heterocycles. The van der Waals surface area contributed by atoms with E-state index in [0.29, 0.717) is 18.3 Å². The van der Waals surface area contributed by atoms with Crippen LogP contribution >= 0.6 is 33.9 Å². The van der Waals surface area contributed by atoms with Crippen molar-refractivity contribution in [2.75, 3.05) is 7.11 Å². The van der Waals surface area contributed by atoms with Gasteiger partial charge in [-0.1, -0.05) is 51.1 Å². The Morgan fingerprint density at radius 3 is 2.68 bits per heavy atom. The largest absolute Gasteiger partial charge is 0.493 e. The SMILES string of the molecule is COc1cc(C=Nc2sc3c(c2C#N)CC[C@H](C(C)(C)C)C3)cc(I)c1OCc1ccccc1. The number of nitriles is 1. The predicted molar refractivity (Wildman–Crippen MR) is 148 cm³/mol. The van der Waals surface area contributed by atoms with E-state index in [1.54, 1.807) is 18.4 Å². The van der Waals surface area contributed by atoms with E-state index < -0.39 is 0 Å². The summed E-state index contributed by atoms with van der Waals surface area (Å²) < 4.78 is 12.6. The highest BCUT2D eigenvalue weighted by atomic mass is 127. The summed E-state index contributed by atoms with van der Waals surface area (Å²) in [6, 6.07) is 16.5. The zero-order valence-electron chi connectivity index (χ0n) is 20.0. The van der Waals surface area contributed by atoms with Crippen molar-refractivity contribution in [1.29, 1.82) is 5.26 Å². The number of halogens is 1. The number of aliphatic imine (C=N–C) groups is 1. The fourth-order valence-corrected chi connectivity index (χ4v) is 6.34. The topological polar surface area (TPSA) is 54.6 Å². The average Bonchev–Trinajstić information content (AvgIpc) is 3.18. The lowest BCUT2D eigenvalue weighted by molar-refractivity contribution is 0.218. The van der Waals surface area contributed by atoms with Gasteiger partial charge in [0.15, 0.2) is 11.5 Å². The Labute approximate surface area is 219 Å². The van der Waals surface area contributed by atoms with Crippen LogP contribution in [0.25, 0.3) is 0 Å². The van der Waals surface area contributed by atoms with Crippen molar-refractivity contribution in [3.8, 4) is 17.6 Å². The number of ether oxygens (including phenoxy) is 2. The van der Waals surface area contributed by atoms with Crippen molar-refractivity contribution >= 4 is 45.1 Å². The van der Waals surface area contributed by atoms with Crippen LogP contribution in [0, 0.1) is 26.2 Å². The summed E-state index contributed by atoms with van der Waals surface area (Å²) in [5, 5.41) is 10.7. The van der Waals surface area contributed by atoms with Gasteiger partial charge in [-0.3, -0.25) is 0 Å². The molecule has 3 aromatic rings. The molecule has 2 aromatic carbocycles. The standard InChI is InChI=1S/C28H29IN2O2S/c1-28(2,3)20-10-11-21-22(15-30)27(34-25(21)14-20)31-16-19-12-23(29)26(24(13-19)32-4)33-17-18-8-6-5-7-9-18/h5-9,12-13,16,20H,10-11,14,17H2,1-4H3/t20-/m0/s1. The van der Waals surface area contributed by atoms with E-state index >= 15 is 0 Å². The number of fused-ring (bicyclic) bond motifs is 1. The fraction of sp³-hybridized carbons (Fsp3) is 0.357. The molecule has 1 atom stereocenters. The maximum atomic E-state index is 9.85. The van der Waals surface area contributed by atoms with Gasteiger partial charge in [-0.15, -0.1) is 11.3 Å². The Hall–Kier alpha value is -2.37. The highest BCUT2D eigenvalue weighted by Gasteiger charge is 2.32. The number of methoxy groups -OCH3 is 1. The fourth-order valence-electron chi connectivity index (χ4n) is 4.33. The lowest BCUT2D eigenvalue weighted by Gasteiger charge is -2.33. The first-order chi connectivity index (χ1) is 16.3. The molecule has 0 saturated carbocycles. The summed E-state index contributed by atoms with van der Waals surface area (Å²) in [6.45, 7) is 7.40. The van der Waals surface area contributed by atoms with Gasteiger partial charge >= 0.3 is 0 Å². The van der Waals surface area contributed by atoms with Crippen LogP contribution in [0.3, 0.4) is 0 Å².